The average molecular weight is 491 g/mol. The number of fused-ring (bicyclic) bond motifs is 3. The van der Waals surface area contributed by atoms with Gasteiger partial charge in [0.1, 0.15) is 4.90 Å². The number of piperidine rings is 1. The number of anilines is 2. The molecule has 4 heterocycles. The van der Waals surface area contributed by atoms with E-state index in [2.05, 4.69) is 9.30 Å². The number of carbonyl (C=O) groups is 1. The molecule has 3 aliphatic rings. The topological polar surface area (TPSA) is 99.1 Å². The van der Waals surface area contributed by atoms with Crippen LogP contribution in [0.5, 0.6) is 0 Å². The predicted octanol–water partition coefficient (Wildman–Crippen LogP) is 2.66. The maximum atomic E-state index is 13.9. The molecule has 0 N–H and O–H groups in total. The number of rotatable bonds is 1. The van der Waals surface area contributed by atoms with Crippen LogP contribution < -0.4 is 9.80 Å². The molecule has 6 rings (SSSR count). The van der Waals surface area contributed by atoms with Crippen molar-refractivity contribution in [2.75, 3.05) is 43.0 Å². The Morgan fingerprint density at radius 3 is 2.43 bits per heavy atom. The smallest absolute Gasteiger partial charge is 0.285 e. The van der Waals surface area contributed by atoms with Gasteiger partial charge in [-0.1, -0.05) is 24.3 Å². The molecule has 0 saturated carbocycles. The lowest BCUT2D eigenvalue weighted by Gasteiger charge is -2.35. The summed E-state index contributed by atoms with van der Waals surface area (Å²) in [6.07, 6.45) is 2.33. The molecule has 1 fully saturated rings. The number of sulfonamides is 1. The van der Waals surface area contributed by atoms with Gasteiger partial charge in [-0.05, 0) is 43.5 Å². The minimum Gasteiger partial charge on any atom is -0.357 e. The quantitative estimate of drug-likeness (QED) is 0.517. The second kappa shape index (κ2) is 8.30. The zero-order valence-electron chi connectivity index (χ0n) is 19.5. The monoisotopic (exact) mass is 490 g/mol. The van der Waals surface area contributed by atoms with E-state index in [0.717, 1.165) is 36.8 Å². The van der Waals surface area contributed by atoms with Crippen LogP contribution in [0.15, 0.2) is 57.8 Å². The van der Waals surface area contributed by atoms with Crippen LogP contribution >= 0.6 is 0 Å². The van der Waals surface area contributed by atoms with Gasteiger partial charge in [-0.25, -0.2) is 9.97 Å². The molecule has 1 saturated heterocycles. The van der Waals surface area contributed by atoms with E-state index in [9.17, 15) is 13.2 Å². The maximum absolute atomic E-state index is 13.9. The predicted molar refractivity (Wildman–Crippen MR) is 134 cm³/mol. The first-order chi connectivity index (χ1) is 16.9. The summed E-state index contributed by atoms with van der Waals surface area (Å²) in [6.45, 7) is 2.43. The minimum atomic E-state index is -3.71. The van der Waals surface area contributed by atoms with Crippen molar-refractivity contribution in [1.82, 2.24) is 14.9 Å². The van der Waals surface area contributed by atoms with Gasteiger partial charge in [0.2, 0.25) is 5.91 Å². The van der Waals surface area contributed by atoms with Crippen LogP contribution in [0.4, 0.5) is 11.6 Å². The molecule has 3 aromatic rings. The molecule has 0 radical (unpaired) electrons. The lowest BCUT2D eigenvalue weighted by atomic mass is 9.95. The lowest BCUT2D eigenvalue weighted by Crippen LogP contribution is -2.47. The Morgan fingerprint density at radius 1 is 0.914 bits per heavy atom. The second-order valence-corrected chi connectivity index (χ2v) is 10.9. The van der Waals surface area contributed by atoms with E-state index in [4.69, 9.17) is 9.97 Å². The van der Waals surface area contributed by atoms with Gasteiger partial charge in [-0.2, -0.15) is 8.42 Å². The summed E-state index contributed by atoms with van der Waals surface area (Å²) in [5.74, 6) is 1.47. The molecule has 35 heavy (non-hydrogen) atoms. The van der Waals surface area contributed by atoms with E-state index in [1.807, 2.05) is 42.3 Å². The Morgan fingerprint density at radius 2 is 1.63 bits per heavy atom. The highest BCUT2D eigenvalue weighted by molar-refractivity contribution is 7.90. The fourth-order valence-corrected chi connectivity index (χ4v) is 6.45. The molecule has 1 atom stereocenters. The molecule has 180 valence electrons. The number of hydrogen-bond donors (Lipinski definition) is 0. The molecule has 0 spiro atoms. The number of benzene rings is 2. The highest BCUT2D eigenvalue weighted by Crippen LogP contribution is 2.34. The molecule has 9 nitrogen and oxygen atoms in total. The highest BCUT2D eigenvalue weighted by Gasteiger charge is 2.37. The first-order valence-electron chi connectivity index (χ1n) is 11.9. The van der Waals surface area contributed by atoms with Crippen LogP contribution in [0.25, 0.3) is 11.0 Å². The van der Waals surface area contributed by atoms with Crippen LogP contribution in [-0.4, -0.2) is 68.3 Å². The number of nitrogens with zero attached hydrogens (tertiary/aromatic N) is 6. The third-order valence-electron chi connectivity index (χ3n) is 6.98. The van der Waals surface area contributed by atoms with Crippen molar-refractivity contribution in [3.63, 3.8) is 0 Å². The standard InChI is InChI=1S/C25H26N6O3S/c1-29-13-7-15-31(24-23(29)26-19-10-3-4-11-20(19)27-24)25(32)17-8-6-14-30(16-17)22-18-9-2-5-12-21(18)35(33,34)28-22/h2-5,9-12,17H,6-8,13-16H2,1H3. The summed E-state index contributed by atoms with van der Waals surface area (Å²) >= 11 is 0. The minimum absolute atomic E-state index is 0.00516. The fourth-order valence-electron chi connectivity index (χ4n) is 5.22. The third-order valence-corrected chi connectivity index (χ3v) is 8.30. The first kappa shape index (κ1) is 22.0. The van der Waals surface area contributed by atoms with Crippen LogP contribution in [-0.2, 0) is 14.8 Å². The Kier molecular flexibility index (Phi) is 5.21. The van der Waals surface area contributed by atoms with Gasteiger partial charge < -0.3 is 9.80 Å². The first-order valence-corrected chi connectivity index (χ1v) is 13.3. The van der Waals surface area contributed by atoms with E-state index in [1.54, 1.807) is 23.1 Å². The van der Waals surface area contributed by atoms with Gasteiger partial charge in [0.05, 0.1) is 17.0 Å². The van der Waals surface area contributed by atoms with Gasteiger partial charge >= 0.3 is 0 Å². The van der Waals surface area contributed by atoms with Crippen molar-refractivity contribution in [2.45, 2.75) is 24.2 Å². The Hall–Kier alpha value is -3.53. The third kappa shape index (κ3) is 3.72. The molecular formula is C25H26N6O3S. The SMILES string of the molecule is CN1CCCN(C(=O)C2CCCN(C3=NS(=O)(=O)c4ccccc43)C2)c2nc3ccccc3nc21. The number of amidine groups is 1. The summed E-state index contributed by atoms with van der Waals surface area (Å²) in [5, 5.41) is 0. The number of carbonyl (C=O) groups excluding carboxylic acids is 1. The Balaban J connectivity index is 1.32. The lowest BCUT2D eigenvalue weighted by molar-refractivity contribution is -0.123. The van der Waals surface area contributed by atoms with Crippen molar-refractivity contribution in [2.24, 2.45) is 10.3 Å². The van der Waals surface area contributed by atoms with Gasteiger partial charge in [0.25, 0.3) is 10.0 Å². The number of amides is 1. The van der Waals surface area contributed by atoms with E-state index >= 15 is 0 Å². The highest BCUT2D eigenvalue weighted by atomic mass is 32.2. The normalized spacial score (nSPS) is 21.3. The summed E-state index contributed by atoms with van der Waals surface area (Å²) in [7, 11) is -1.73. The van der Waals surface area contributed by atoms with E-state index in [0.29, 0.717) is 42.7 Å². The molecule has 2 aromatic carbocycles. The molecule has 10 heteroatoms. The van der Waals surface area contributed by atoms with E-state index < -0.39 is 10.0 Å². The van der Waals surface area contributed by atoms with Gasteiger partial charge in [0, 0.05) is 38.8 Å². The van der Waals surface area contributed by atoms with Crippen LogP contribution in [0.1, 0.15) is 24.8 Å². The van der Waals surface area contributed by atoms with Gasteiger partial charge in [-0.3, -0.25) is 9.69 Å². The zero-order chi connectivity index (χ0) is 24.2. The molecule has 3 aliphatic heterocycles. The average Bonchev–Trinajstić information content (AvgIpc) is 3.05. The van der Waals surface area contributed by atoms with Gasteiger partial charge in [-0.15, -0.1) is 4.40 Å². The number of hydrogen-bond acceptors (Lipinski definition) is 7. The largest absolute Gasteiger partial charge is 0.357 e. The number of likely N-dealkylation sites (tertiary alicyclic amines) is 1. The summed E-state index contributed by atoms with van der Waals surface area (Å²) in [4.78, 5) is 29.6. The summed E-state index contributed by atoms with van der Waals surface area (Å²) in [5.41, 5.74) is 2.17. The Bertz CT molecular complexity index is 1470. The Labute approximate surface area is 204 Å². The molecule has 0 aliphatic carbocycles. The number of aromatic nitrogens is 2. The van der Waals surface area contributed by atoms with Crippen LogP contribution in [0.2, 0.25) is 0 Å². The van der Waals surface area contributed by atoms with Crippen LogP contribution in [0.3, 0.4) is 0 Å². The second-order valence-electron chi connectivity index (χ2n) is 9.30. The zero-order valence-corrected chi connectivity index (χ0v) is 20.3. The van der Waals surface area contributed by atoms with E-state index in [1.165, 1.54) is 0 Å². The fraction of sp³-hybridized carbons (Fsp3) is 0.360. The molecule has 1 unspecified atom stereocenters. The van der Waals surface area contributed by atoms with E-state index in [-0.39, 0.29) is 16.7 Å². The summed E-state index contributed by atoms with van der Waals surface area (Å²) < 4.78 is 29.2. The molecular weight excluding hydrogens is 464 g/mol. The van der Waals surface area contributed by atoms with Crippen LogP contribution in [0, 0.1) is 5.92 Å². The van der Waals surface area contributed by atoms with Crippen molar-refractivity contribution >= 4 is 44.4 Å². The number of para-hydroxylation sites is 2. The van der Waals surface area contributed by atoms with Crippen molar-refractivity contribution < 1.29 is 13.2 Å². The molecule has 1 aromatic heterocycles. The molecule has 0 bridgehead atoms. The van der Waals surface area contributed by atoms with Crippen molar-refractivity contribution in [3.8, 4) is 0 Å². The van der Waals surface area contributed by atoms with Crippen molar-refractivity contribution in [3.05, 3.63) is 54.1 Å². The van der Waals surface area contributed by atoms with Crippen molar-refractivity contribution in [1.29, 1.82) is 0 Å². The molecule has 1 amide bonds. The van der Waals surface area contributed by atoms with Gasteiger partial charge in [0.15, 0.2) is 17.5 Å². The maximum Gasteiger partial charge on any atom is 0.285 e. The summed E-state index contributed by atoms with van der Waals surface area (Å²) in [6, 6.07) is 14.6.